The fourth-order valence-electron chi connectivity index (χ4n) is 2.85. The van der Waals surface area contributed by atoms with E-state index >= 15 is 0 Å². The van der Waals surface area contributed by atoms with Crippen LogP contribution in [0.2, 0.25) is 0 Å². The monoisotopic (exact) mass is 261 g/mol. The first-order valence-electron chi connectivity index (χ1n) is 7.17. The minimum atomic E-state index is -0.109. The smallest absolute Gasteiger partial charge is 0.247 e. The van der Waals surface area contributed by atoms with Crippen molar-refractivity contribution in [1.82, 2.24) is 5.48 Å². The van der Waals surface area contributed by atoms with Gasteiger partial charge < -0.3 is 0 Å². The summed E-state index contributed by atoms with van der Waals surface area (Å²) in [5.41, 5.74) is 4.76. The molecule has 0 atom stereocenters. The standard InChI is InChI=1S/C16H23NO2/c1-19-17-16(18)12-15-9-7-14(8-10-15)11-13-5-3-2-4-6-13/h7-10,13H,2-6,11-12H2,1H3,(H,17,18). The molecule has 1 aromatic rings. The van der Waals surface area contributed by atoms with E-state index in [0.717, 1.165) is 11.5 Å². The Morgan fingerprint density at radius 1 is 1.16 bits per heavy atom. The maximum atomic E-state index is 11.4. The highest BCUT2D eigenvalue weighted by Gasteiger charge is 2.13. The van der Waals surface area contributed by atoms with Gasteiger partial charge in [0.1, 0.15) is 0 Å². The van der Waals surface area contributed by atoms with Crippen LogP contribution in [0.5, 0.6) is 0 Å². The summed E-state index contributed by atoms with van der Waals surface area (Å²) in [5, 5.41) is 0. The minimum Gasteiger partial charge on any atom is -0.277 e. The van der Waals surface area contributed by atoms with Crippen LogP contribution >= 0.6 is 0 Å². The average Bonchev–Trinajstić information content (AvgIpc) is 2.42. The van der Waals surface area contributed by atoms with Gasteiger partial charge >= 0.3 is 0 Å². The summed E-state index contributed by atoms with van der Waals surface area (Å²) in [6, 6.07) is 8.41. The molecule has 19 heavy (non-hydrogen) atoms. The Hall–Kier alpha value is -1.35. The van der Waals surface area contributed by atoms with Gasteiger partial charge in [-0.25, -0.2) is 5.48 Å². The highest BCUT2D eigenvalue weighted by atomic mass is 16.6. The molecular formula is C16H23NO2. The Morgan fingerprint density at radius 2 is 1.79 bits per heavy atom. The van der Waals surface area contributed by atoms with Crippen LogP contribution in [0.25, 0.3) is 0 Å². The van der Waals surface area contributed by atoms with Crippen LogP contribution in [0.15, 0.2) is 24.3 Å². The van der Waals surface area contributed by atoms with Gasteiger partial charge in [0, 0.05) is 0 Å². The number of carbonyl (C=O) groups excluding carboxylic acids is 1. The summed E-state index contributed by atoms with van der Waals surface area (Å²) < 4.78 is 0. The van der Waals surface area contributed by atoms with Crippen molar-refractivity contribution in [3.63, 3.8) is 0 Å². The number of hydrogen-bond acceptors (Lipinski definition) is 2. The lowest BCUT2D eigenvalue weighted by Gasteiger charge is -2.21. The number of rotatable bonds is 5. The van der Waals surface area contributed by atoms with E-state index in [1.165, 1.54) is 51.2 Å². The van der Waals surface area contributed by atoms with E-state index in [9.17, 15) is 4.79 Å². The number of amides is 1. The Bertz CT molecular complexity index is 394. The molecule has 1 aliphatic carbocycles. The lowest BCUT2D eigenvalue weighted by molar-refractivity contribution is -0.130. The molecule has 1 saturated carbocycles. The lowest BCUT2D eigenvalue weighted by Crippen LogP contribution is -2.23. The molecule has 1 N–H and O–H groups in total. The van der Waals surface area contributed by atoms with Crippen LogP contribution in [0.1, 0.15) is 43.2 Å². The second-order valence-corrected chi connectivity index (χ2v) is 5.43. The number of hydroxylamine groups is 1. The summed E-state index contributed by atoms with van der Waals surface area (Å²) in [6.07, 6.45) is 8.49. The van der Waals surface area contributed by atoms with Crippen LogP contribution in [-0.2, 0) is 22.5 Å². The molecule has 1 amide bonds. The van der Waals surface area contributed by atoms with Gasteiger partial charge in [0.05, 0.1) is 13.5 Å². The summed E-state index contributed by atoms with van der Waals surface area (Å²) in [7, 11) is 1.45. The molecule has 1 aromatic carbocycles. The fourth-order valence-corrected chi connectivity index (χ4v) is 2.85. The third-order valence-corrected chi connectivity index (χ3v) is 3.85. The molecule has 0 aliphatic heterocycles. The maximum absolute atomic E-state index is 11.4. The molecule has 0 saturated heterocycles. The SMILES string of the molecule is CONC(=O)Cc1ccc(CC2CCCCC2)cc1. The van der Waals surface area contributed by atoms with Gasteiger partial charge in [0.15, 0.2) is 0 Å². The molecule has 1 fully saturated rings. The van der Waals surface area contributed by atoms with E-state index in [0.29, 0.717) is 6.42 Å². The maximum Gasteiger partial charge on any atom is 0.247 e. The van der Waals surface area contributed by atoms with E-state index < -0.39 is 0 Å². The van der Waals surface area contributed by atoms with Gasteiger partial charge in [-0.3, -0.25) is 9.63 Å². The van der Waals surface area contributed by atoms with Crippen molar-refractivity contribution in [3.8, 4) is 0 Å². The minimum absolute atomic E-state index is 0.109. The molecule has 0 radical (unpaired) electrons. The van der Waals surface area contributed by atoms with Crippen molar-refractivity contribution in [2.45, 2.75) is 44.9 Å². The van der Waals surface area contributed by atoms with E-state index in [2.05, 4.69) is 22.5 Å². The van der Waals surface area contributed by atoms with Gasteiger partial charge in [-0.2, -0.15) is 0 Å². The van der Waals surface area contributed by atoms with Gasteiger partial charge in [0.2, 0.25) is 5.91 Å². The van der Waals surface area contributed by atoms with Crippen molar-refractivity contribution in [2.24, 2.45) is 5.92 Å². The Kier molecular flexibility index (Phi) is 5.40. The van der Waals surface area contributed by atoms with E-state index in [1.807, 2.05) is 12.1 Å². The predicted molar refractivity (Wildman–Crippen MR) is 75.6 cm³/mol. The zero-order valence-electron chi connectivity index (χ0n) is 11.7. The summed E-state index contributed by atoms with van der Waals surface area (Å²) in [6.45, 7) is 0. The number of hydrogen-bond donors (Lipinski definition) is 1. The zero-order valence-corrected chi connectivity index (χ0v) is 11.7. The zero-order chi connectivity index (χ0) is 13.5. The molecule has 0 bridgehead atoms. The molecule has 0 heterocycles. The lowest BCUT2D eigenvalue weighted by atomic mass is 9.85. The molecule has 0 spiro atoms. The number of carbonyl (C=O) groups is 1. The quantitative estimate of drug-likeness (QED) is 0.827. The van der Waals surface area contributed by atoms with Gasteiger partial charge in [-0.1, -0.05) is 56.4 Å². The van der Waals surface area contributed by atoms with Gasteiger partial charge in [-0.15, -0.1) is 0 Å². The molecule has 1 aliphatic rings. The average molecular weight is 261 g/mol. The molecule has 3 nitrogen and oxygen atoms in total. The van der Waals surface area contributed by atoms with E-state index in [4.69, 9.17) is 0 Å². The van der Waals surface area contributed by atoms with Crippen molar-refractivity contribution < 1.29 is 9.63 Å². The highest BCUT2D eigenvalue weighted by Crippen LogP contribution is 2.26. The van der Waals surface area contributed by atoms with Crippen LogP contribution < -0.4 is 5.48 Å². The molecule has 0 aromatic heterocycles. The Labute approximate surface area is 115 Å². The first-order valence-corrected chi connectivity index (χ1v) is 7.17. The molecule has 0 unspecified atom stereocenters. The molecule has 3 heteroatoms. The first-order chi connectivity index (χ1) is 9.28. The number of nitrogens with one attached hydrogen (secondary N) is 1. The third kappa shape index (κ3) is 4.67. The molecule has 2 rings (SSSR count). The van der Waals surface area contributed by atoms with Crippen molar-refractivity contribution in [3.05, 3.63) is 35.4 Å². The van der Waals surface area contributed by atoms with E-state index in [-0.39, 0.29) is 5.91 Å². The van der Waals surface area contributed by atoms with E-state index in [1.54, 1.807) is 0 Å². The topological polar surface area (TPSA) is 38.3 Å². The Balaban J connectivity index is 1.85. The largest absolute Gasteiger partial charge is 0.277 e. The molecule has 104 valence electrons. The Morgan fingerprint density at radius 3 is 2.42 bits per heavy atom. The second kappa shape index (κ2) is 7.29. The third-order valence-electron chi connectivity index (χ3n) is 3.85. The first kappa shape index (κ1) is 14.1. The predicted octanol–water partition coefficient (Wildman–Crippen LogP) is 3.03. The van der Waals surface area contributed by atoms with Crippen molar-refractivity contribution in [2.75, 3.05) is 7.11 Å². The molecular weight excluding hydrogens is 238 g/mol. The second-order valence-electron chi connectivity index (χ2n) is 5.43. The summed E-state index contributed by atoms with van der Waals surface area (Å²) in [5.74, 6) is 0.749. The van der Waals surface area contributed by atoms with Crippen LogP contribution in [0, 0.1) is 5.92 Å². The highest BCUT2D eigenvalue weighted by molar-refractivity contribution is 5.77. The summed E-state index contributed by atoms with van der Waals surface area (Å²) in [4.78, 5) is 16.0. The van der Waals surface area contributed by atoms with Gasteiger partial charge in [0.25, 0.3) is 0 Å². The normalized spacial score (nSPS) is 16.3. The number of benzene rings is 1. The van der Waals surface area contributed by atoms with Gasteiger partial charge in [-0.05, 0) is 23.5 Å². The van der Waals surface area contributed by atoms with Crippen LogP contribution in [0.4, 0.5) is 0 Å². The summed E-state index contributed by atoms with van der Waals surface area (Å²) >= 11 is 0. The fraction of sp³-hybridized carbons (Fsp3) is 0.562. The van der Waals surface area contributed by atoms with Crippen molar-refractivity contribution in [1.29, 1.82) is 0 Å². The van der Waals surface area contributed by atoms with Crippen molar-refractivity contribution >= 4 is 5.91 Å². The van der Waals surface area contributed by atoms with Crippen LogP contribution in [-0.4, -0.2) is 13.0 Å². The van der Waals surface area contributed by atoms with Crippen LogP contribution in [0.3, 0.4) is 0 Å².